The smallest absolute Gasteiger partial charge is 0.343 e. The zero-order valence-corrected chi connectivity index (χ0v) is 9.49. The molecule has 0 aliphatic heterocycles. The van der Waals surface area contributed by atoms with E-state index in [0.29, 0.717) is 17.4 Å². The molecule has 2 heterocycles. The molecule has 3 N–H and O–H groups in total. The monoisotopic (exact) mass is 237 g/mol. The SMILES string of the molecule is CCn1c(Sc2ccncc2N)n[nH]c1=O. The van der Waals surface area contributed by atoms with Gasteiger partial charge in [0.2, 0.25) is 0 Å². The van der Waals surface area contributed by atoms with Crippen molar-refractivity contribution in [2.24, 2.45) is 0 Å². The van der Waals surface area contributed by atoms with Crippen LogP contribution in [0.2, 0.25) is 0 Å². The van der Waals surface area contributed by atoms with Gasteiger partial charge in [0.15, 0.2) is 5.16 Å². The second-order valence-corrected chi connectivity index (χ2v) is 4.08. The Bertz CT molecular complexity index is 547. The molecule has 6 nitrogen and oxygen atoms in total. The van der Waals surface area contributed by atoms with E-state index in [2.05, 4.69) is 15.2 Å². The molecule has 0 saturated heterocycles. The van der Waals surface area contributed by atoms with Crippen LogP contribution in [0.1, 0.15) is 6.92 Å². The number of anilines is 1. The largest absolute Gasteiger partial charge is 0.397 e. The zero-order valence-electron chi connectivity index (χ0n) is 8.67. The molecule has 2 rings (SSSR count). The molecule has 7 heteroatoms. The van der Waals surface area contributed by atoms with Crippen LogP contribution in [0.4, 0.5) is 5.69 Å². The highest BCUT2D eigenvalue weighted by molar-refractivity contribution is 7.99. The molecule has 2 aromatic rings. The molecule has 0 fully saturated rings. The van der Waals surface area contributed by atoms with Crippen LogP contribution in [0, 0.1) is 0 Å². The molecule has 16 heavy (non-hydrogen) atoms. The number of pyridine rings is 1. The van der Waals surface area contributed by atoms with E-state index in [4.69, 9.17) is 5.73 Å². The fourth-order valence-corrected chi connectivity index (χ4v) is 2.15. The van der Waals surface area contributed by atoms with Gasteiger partial charge < -0.3 is 5.73 Å². The second kappa shape index (κ2) is 4.40. The van der Waals surface area contributed by atoms with Crippen LogP contribution in [0.5, 0.6) is 0 Å². The second-order valence-electron chi connectivity index (χ2n) is 3.07. The lowest BCUT2D eigenvalue weighted by molar-refractivity contribution is 0.660. The summed E-state index contributed by atoms with van der Waals surface area (Å²) >= 11 is 1.34. The minimum absolute atomic E-state index is 0.211. The van der Waals surface area contributed by atoms with Crippen LogP contribution < -0.4 is 11.4 Å². The van der Waals surface area contributed by atoms with Gasteiger partial charge >= 0.3 is 5.69 Å². The third kappa shape index (κ3) is 1.94. The standard InChI is InChI=1S/C9H11N5OS/c1-2-14-8(15)12-13-9(14)16-7-3-4-11-5-6(7)10/h3-5H,2,10H2,1H3,(H,12,15). The summed E-state index contributed by atoms with van der Waals surface area (Å²) in [6.45, 7) is 2.46. The van der Waals surface area contributed by atoms with E-state index in [1.807, 2.05) is 6.92 Å². The summed E-state index contributed by atoms with van der Waals surface area (Å²) in [5.74, 6) is 0. The van der Waals surface area contributed by atoms with Crippen molar-refractivity contribution in [3.63, 3.8) is 0 Å². The molecule has 0 radical (unpaired) electrons. The van der Waals surface area contributed by atoms with Crippen LogP contribution in [-0.2, 0) is 6.54 Å². The number of hydrogen-bond donors (Lipinski definition) is 2. The van der Waals surface area contributed by atoms with Gasteiger partial charge in [-0.2, -0.15) is 0 Å². The molecule has 0 unspecified atom stereocenters. The van der Waals surface area contributed by atoms with Gasteiger partial charge in [-0.1, -0.05) is 0 Å². The normalized spacial score (nSPS) is 10.6. The number of nitrogen functional groups attached to an aromatic ring is 1. The Hall–Kier alpha value is -1.76. The third-order valence-electron chi connectivity index (χ3n) is 2.05. The van der Waals surface area contributed by atoms with Crippen molar-refractivity contribution in [1.82, 2.24) is 19.7 Å². The molecule has 0 spiro atoms. The van der Waals surface area contributed by atoms with Gasteiger partial charge in [-0.25, -0.2) is 9.89 Å². The quantitative estimate of drug-likeness (QED) is 0.821. The van der Waals surface area contributed by atoms with E-state index in [1.54, 1.807) is 23.0 Å². The minimum atomic E-state index is -0.211. The Morgan fingerprint density at radius 2 is 2.44 bits per heavy atom. The van der Waals surface area contributed by atoms with Gasteiger partial charge in [0, 0.05) is 17.6 Å². The number of nitrogens with zero attached hydrogens (tertiary/aromatic N) is 3. The number of H-pyrrole nitrogens is 1. The Morgan fingerprint density at radius 1 is 1.62 bits per heavy atom. The molecule has 0 bridgehead atoms. The van der Waals surface area contributed by atoms with E-state index < -0.39 is 0 Å². The van der Waals surface area contributed by atoms with Gasteiger partial charge in [-0.15, -0.1) is 5.10 Å². The van der Waals surface area contributed by atoms with Crippen LogP contribution in [0.15, 0.2) is 33.3 Å². The predicted molar refractivity (Wildman–Crippen MR) is 61.3 cm³/mol. The average Bonchev–Trinajstić information content (AvgIpc) is 2.63. The minimum Gasteiger partial charge on any atom is -0.397 e. The molecule has 0 saturated carbocycles. The molecule has 0 atom stereocenters. The first-order valence-electron chi connectivity index (χ1n) is 4.75. The first kappa shape index (κ1) is 10.7. The number of aromatic nitrogens is 4. The van der Waals surface area contributed by atoms with Gasteiger partial charge in [-0.3, -0.25) is 9.55 Å². The Morgan fingerprint density at radius 3 is 3.12 bits per heavy atom. The number of hydrogen-bond acceptors (Lipinski definition) is 5. The number of nitrogens with two attached hydrogens (primary N) is 1. The summed E-state index contributed by atoms with van der Waals surface area (Å²) < 4.78 is 1.55. The molecule has 2 aromatic heterocycles. The maximum atomic E-state index is 11.3. The molecule has 0 aromatic carbocycles. The van der Waals surface area contributed by atoms with Crippen LogP contribution in [-0.4, -0.2) is 19.7 Å². The number of rotatable bonds is 3. The third-order valence-corrected chi connectivity index (χ3v) is 3.14. The molecular weight excluding hydrogens is 226 g/mol. The lowest BCUT2D eigenvalue weighted by Gasteiger charge is -2.03. The summed E-state index contributed by atoms with van der Waals surface area (Å²) in [4.78, 5) is 16.1. The molecule has 84 valence electrons. The first-order valence-corrected chi connectivity index (χ1v) is 5.56. The molecule has 0 amide bonds. The number of nitrogens with one attached hydrogen (secondary N) is 1. The van der Waals surface area contributed by atoms with Crippen molar-refractivity contribution in [2.45, 2.75) is 23.5 Å². The Labute approximate surface area is 95.9 Å². The van der Waals surface area contributed by atoms with Gasteiger partial charge in [0.1, 0.15) is 0 Å². The first-order chi connectivity index (χ1) is 7.72. The van der Waals surface area contributed by atoms with Crippen LogP contribution in [0.3, 0.4) is 0 Å². The van der Waals surface area contributed by atoms with E-state index in [1.165, 1.54) is 11.8 Å². The lowest BCUT2D eigenvalue weighted by Crippen LogP contribution is -2.16. The summed E-state index contributed by atoms with van der Waals surface area (Å²) in [6.07, 6.45) is 3.23. The van der Waals surface area contributed by atoms with E-state index in [9.17, 15) is 4.79 Å². The predicted octanol–water partition coefficient (Wildman–Crippen LogP) is 0.720. The van der Waals surface area contributed by atoms with Gasteiger partial charge in [-0.05, 0) is 24.8 Å². The van der Waals surface area contributed by atoms with Crippen molar-refractivity contribution in [1.29, 1.82) is 0 Å². The maximum Gasteiger partial charge on any atom is 0.343 e. The maximum absolute atomic E-state index is 11.3. The average molecular weight is 237 g/mol. The zero-order chi connectivity index (χ0) is 11.5. The number of aromatic amines is 1. The Kier molecular flexibility index (Phi) is 2.95. The molecule has 0 aliphatic rings. The summed E-state index contributed by atoms with van der Waals surface area (Å²) in [6, 6.07) is 1.79. The van der Waals surface area contributed by atoms with Crippen molar-refractivity contribution < 1.29 is 0 Å². The summed E-state index contributed by atoms with van der Waals surface area (Å²) in [5.41, 5.74) is 6.12. The van der Waals surface area contributed by atoms with Crippen molar-refractivity contribution in [2.75, 3.05) is 5.73 Å². The van der Waals surface area contributed by atoms with Gasteiger partial charge in [0.25, 0.3) is 0 Å². The fraction of sp³-hybridized carbons (Fsp3) is 0.222. The highest BCUT2D eigenvalue weighted by Gasteiger charge is 2.09. The van der Waals surface area contributed by atoms with Crippen molar-refractivity contribution in [3.05, 3.63) is 28.9 Å². The van der Waals surface area contributed by atoms with E-state index in [-0.39, 0.29) is 5.69 Å². The highest BCUT2D eigenvalue weighted by atomic mass is 32.2. The summed E-state index contributed by atoms with van der Waals surface area (Å²) in [7, 11) is 0. The summed E-state index contributed by atoms with van der Waals surface area (Å²) in [5, 5.41) is 6.95. The molecular formula is C9H11N5OS. The fourth-order valence-electron chi connectivity index (χ4n) is 1.25. The van der Waals surface area contributed by atoms with Crippen molar-refractivity contribution >= 4 is 17.4 Å². The van der Waals surface area contributed by atoms with Crippen LogP contribution in [0.25, 0.3) is 0 Å². The molecule has 0 aliphatic carbocycles. The van der Waals surface area contributed by atoms with Crippen molar-refractivity contribution in [3.8, 4) is 0 Å². The highest BCUT2D eigenvalue weighted by Crippen LogP contribution is 2.28. The topological polar surface area (TPSA) is 89.6 Å². The Balaban J connectivity index is 2.34. The van der Waals surface area contributed by atoms with E-state index in [0.717, 1.165) is 4.90 Å². The van der Waals surface area contributed by atoms with Crippen LogP contribution >= 0.6 is 11.8 Å². The van der Waals surface area contributed by atoms with Gasteiger partial charge in [0.05, 0.1) is 11.9 Å². The van der Waals surface area contributed by atoms with E-state index >= 15 is 0 Å². The lowest BCUT2D eigenvalue weighted by atomic mass is 10.4.